The minimum Gasteiger partial charge on any atom is -0.394 e. The molecule has 0 amide bonds. The Labute approximate surface area is 98.0 Å². The van der Waals surface area contributed by atoms with Gasteiger partial charge in [0.1, 0.15) is 0 Å². The van der Waals surface area contributed by atoms with Gasteiger partial charge >= 0.3 is 0 Å². The van der Waals surface area contributed by atoms with Gasteiger partial charge in [0.15, 0.2) is 0 Å². The molecule has 0 rings (SSSR count). The first kappa shape index (κ1) is 15.1. The topological polar surface area (TPSA) is 66.5 Å². The van der Waals surface area contributed by atoms with Crippen LogP contribution in [0.3, 0.4) is 0 Å². The van der Waals surface area contributed by atoms with Crippen molar-refractivity contribution in [2.24, 2.45) is 5.73 Å². The van der Waals surface area contributed by atoms with Gasteiger partial charge in [-0.25, -0.2) is 0 Å². The number of nitrogens with two attached hydrogens (primary N) is 1. The van der Waals surface area contributed by atoms with E-state index in [0.29, 0.717) is 12.8 Å². The summed E-state index contributed by atoms with van der Waals surface area (Å²) < 4.78 is 0. The van der Waals surface area contributed by atoms with Crippen LogP contribution in [-0.2, 0) is 0 Å². The normalized spacial score (nSPS) is 12.4. The molecule has 3 nitrogen and oxygen atoms in total. The molecule has 92 valence electrons. The zero-order valence-corrected chi connectivity index (χ0v) is 10.2. The molecule has 0 unspecified atom stereocenters. The third-order valence-electron chi connectivity index (χ3n) is 2.43. The molecular weight excluding hydrogens is 202 g/mol. The van der Waals surface area contributed by atoms with Crippen LogP contribution in [0.25, 0.3) is 0 Å². The summed E-state index contributed by atoms with van der Waals surface area (Å²) in [6, 6.07) is 0. The number of aliphatic hydroxyl groups excluding tert-OH is 2. The summed E-state index contributed by atoms with van der Waals surface area (Å²) in [7, 11) is 0. The molecule has 0 bridgehead atoms. The van der Waals surface area contributed by atoms with Gasteiger partial charge in [0.25, 0.3) is 0 Å². The summed E-state index contributed by atoms with van der Waals surface area (Å²) in [6.45, 7) is 7.34. The maximum atomic E-state index is 9.05. The zero-order chi connectivity index (χ0) is 12.6. The molecule has 0 aromatic heterocycles. The van der Waals surface area contributed by atoms with Crippen molar-refractivity contribution in [1.29, 1.82) is 0 Å². The highest BCUT2D eigenvalue weighted by atomic mass is 16.3. The Balaban J connectivity index is 4.41. The monoisotopic (exact) mass is 225 g/mol. The van der Waals surface area contributed by atoms with Gasteiger partial charge in [-0.2, -0.15) is 0 Å². The predicted molar refractivity (Wildman–Crippen MR) is 68.0 cm³/mol. The lowest BCUT2D eigenvalue weighted by atomic mass is 9.93. The smallest absolute Gasteiger partial charge is 0.0633 e. The van der Waals surface area contributed by atoms with E-state index in [2.05, 4.69) is 6.58 Å². The third kappa shape index (κ3) is 5.85. The highest BCUT2D eigenvalue weighted by Crippen LogP contribution is 2.15. The van der Waals surface area contributed by atoms with E-state index in [1.54, 1.807) is 6.08 Å². The van der Waals surface area contributed by atoms with Gasteiger partial charge in [-0.3, -0.25) is 0 Å². The van der Waals surface area contributed by atoms with Crippen LogP contribution in [0.2, 0.25) is 0 Å². The van der Waals surface area contributed by atoms with Gasteiger partial charge in [-0.15, -0.1) is 0 Å². The lowest BCUT2D eigenvalue weighted by molar-refractivity contribution is 0.115. The molecular formula is C13H23NO2. The summed E-state index contributed by atoms with van der Waals surface area (Å²) in [5, 5.41) is 18.1. The minimum absolute atomic E-state index is 0.212. The molecule has 0 aromatic rings. The number of rotatable bonds is 7. The Morgan fingerprint density at radius 3 is 2.19 bits per heavy atom. The molecule has 0 spiro atoms. The molecule has 0 aliphatic rings. The average molecular weight is 225 g/mol. The molecule has 0 heterocycles. The highest BCUT2D eigenvalue weighted by Gasteiger charge is 2.22. The number of hydrogen-bond donors (Lipinski definition) is 3. The van der Waals surface area contributed by atoms with Gasteiger partial charge in [-0.05, 0) is 32.3 Å². The Hall–Kier alpha value is -0.900. The quantitative estimate of drug-likeness (QED) is 0.576. The third-order valence-corrected chi connectivity index (χ3v) is 2.43. The summed E-state index contributed by atoms with van der Waals surface area (Å²) in [4.78, 5) is 0. The Kier molecular flexibility index (Phi) is 6.97. The van der Waals surface area contributed by atoms with Gasteiger partial charge in [0.2, 0.25) is 0 Å². The van der Waals surface area contributed by atoms with E-state index in [1.165, 1.54) is 5.57 Å². The Bertz CT molecular complexity index is 272. The van der Waals surface area contributed by atoms with Crippen LogP contribution >= 0.6 is 0 Å². The highest BCUT2D eigenvalue weighted by molar-refractivity contribution is 5.24. The molecule has 16 heavy (non-hydrogen) atoms. The number of hydrogen-bond acceptors (Lipinski definition) is 3. The maximum Gasteiger partial charge on any atom is 0.0633 e. The molecule has 0 aromatic carbocycles. The molecule has 0 fully saturated rings. The van der Waals surface area contributed by atoms with E-state index in [1.807, 2.05) is 26.0 Å². The van der Waals surface area contributed by atoms with Gasteiger partial charge in [-0.1, -0.05) is 30.4 Å². The second kappa shape index (κ2) is 7.39. The molecule has 0 atom stereocenters. The van der Waals surface area contributed by atoms with Crippen LogP contribution in [0.5, 0.6) is 0 Å². The fourth-order valence-corrected chi connectivity index (χ4v) is 1.13. The van der Waals surface area contributed by atoms with Crippen LogP contribution in [0, 0.1) is 0 Å². The standard InChI is InChI=1S/C13H23NO2/c1-4-12(6-5-11(2)3)7-8-13(14,9-15)10-16/h4-6,15-16H,1,7-10,14H2,2-3H3/b12-6+. The number of aliphatic hydroxyl groups is 2. The Morgan fingerprint density at radius 2 is 1.81 bits per heavy atom. The molecule has 4 N–H and O–H groups in total. The van der Waals surface area contributed by atoms with Crippen LogP contribution in [0.4, 0.5) is 0 Å². The Morgan fingerprint density at radius 1 is 1.25 bits per heavy atom. The van der Waals surface area contributed by atoms with Crippen molar-refractivity contribution < 1.29 is 10.2 Å². The first-order valence-corrected chi connectivity index (χ1v) is 5.44. The van der Waals surface area contributed by atoms with E-state index in [-0.39, 0.29) is 13.2 Å². The van der Waals surface area contributed by atoms with Crippen LogP contribution in [-0.4, -0.2) is 29.0 Å². The van der Waals surface area contributed by atoms with Crippen LogP contribution in [0.15, 0.2) is 36.0 Å². The van der Waals surface area contributed by atoms with E-state index in [9.17, 15) is 0 Å². The first-order chi connectivity index (χ1) is 7.47. The molecule has 0 saturated heterocycles. The SMILES string of the molecule is C=C/C(=C\C=C(C)C)CCC(N)(CO)CO. The fraction of sp³-hybridized carbons (Fsp3) is 0.538. The van der Waals surface area contributed by atoms with E-state index in [4.69, 9.17) is 15.9 Å². The molecule has 0 aliphatic heterocycles. The lowest BCUT2D eigenvalue weighted by Crippen LogP contribution is -2.47. The molecule has 3 heteroatoms. The van der Waals surface area contributed by atoms with Gasteiger partial charge in [0.05, 0.1) is 18.8 Å². The molecule has 0 radical (unpaired) electrons. The summed E-state index contributed by atoms with van der Waals surface area (Å²) in [5.74, 6) is 0. The first-order valence-electron chi connectivity index (χ1n) is 5.44. The van der Waals surface area contributed by atoms with Gasteiger partial charge < -0.3 is 15.9 Å². The summed E-state index contributed by atoms with van der Waals surface area (Å²) >= 11 is 0. The minimum atomic E-state index is -0.896. The summed E-state index contributed by atoms with van der Waals surface area (Å²) in [6.07, 6.45) is 7.00. The average Bonchev–Trinajstić information content (AvgIpc) is 2.28. The maximum absolute atomic E-state index is 9.05. The van der Waals surface area contributed by atoms with Crippen molar-refractivity contribution in [2.75, 3.05) is 13.2 Å². The number of allylic oxidation sites excluding steroid dienone is 5. The van der Waals surface area contributed by atoms with E-state index in [0.717, 1.165) is 5.57 Å². The van der Waals surface area contributed by atoms with Crippen LogP contribution in [0.1, 0.15) is 26.7 Å². The van der Waals surface area contributed by atoms with Crippen molar-refractivity contribution in [3.05, 3.63) is 36.0 Å². The largest absolute Gasteiger partial charge is 0.394 e. The second-order valence-corrected chi connectivity index (χ2v) is 4.37. The van der Waals surface area contributed by atoms with Crippen molar-refractivity contribution in [1.82, 2.24) is 0 Å². The van der Waals surface area contributed by atoms with Crippen molar-refractivity contribution in [3.8, 4) is 0 Å². The van der Waals surface area contributed by atoms with Gasteiger partial charge in [0, 0.05) is 0 Å². The van der Waals surface area contributed by atoms with Crippen molar-refractivity contribution in [2.45, 2.75) is 32.2 Å². The molecule has 0 saturated carbocycles. The van der Waals surface area contributed by atoms with E-state index < -0.39 is 5.54 Å². The zero-order valence-electron chi connectivity index (χ0n) is 10.2. The lowest BCUT2D eigenvalue weighted by Gasteiger charge is -2.24. The second-order valence-electron chi connectivity index (χ2n) is 4.37. The van der Waals surface area contributed by atoms with E-state index >= 15 is 0 Å². The molecule has 0 aliphatic carbocycles. The van der Waals surface area contributed by atoms with Crippen LogP contribution < -0.4 is 5.73 Å². The fourth-order valence-electron chi connectivity index (χ4n) is 1.13. The van der Waals surface area contributed by atoms with Crippen molar-refractivity contribution in [3.63, 3.8) is 0 Å². The predicted octanol–water partition coefficient (Wildman–Crippen LogP) is 1.53. The van der Waals surface area contributed by atoms with Crippen molar-refractivity contribution >= 4 is 0 Å². The summed E-state index contributed by atoms with van der Waals surface area (Å²) in [5.41, 5.74) is 7.15.